The zero-order valence-electron chi connectivity index (χ0n) is 11.9. The van der Waals surface area contributed by atoms with Gasteiger partial charge in [0, 0.05) is 17.6 Å². The second-order valence-electron chi connectivity index (χ2n) is 4.83. The van der Waals surface area contributed by atoms with E-state index in [0.717, 1.165) is 0 Å². The van der Waals surface area contributed by atoms with Crippen molar-refractivity contribution < 1.29 is 19.8 Å². The molecule has 1 aliphatic heterocycles. The summed E-state index contributed by atoms with van der Waals surface area (Å²) in [5, 5.41) is 30.6. The van der Waals surface area contributed by atoms with Gasteiger partial charge in [0.05, 0.1) is 17.1 Å². The van der Waals surface area contributed by atoms with Crippen LogP contribution in [0.1, 0.15) is 31.0 Å². The highest BCUT2D eigenvalue weighted by molar-refractivity contribution is 5.98. The number of nitrogens with zero attached hydrogens (tertiary/aromatic N) is 2. The molecule has 1 aliphatic rings. The van der Waals surface area contributed by atoms with Crippen molar-refractivity contribution in [2.24, 2.45) is 0 Å². The van der Waals surface area contributed by atoms with Gasteiger partial charge in [0.1, 0.15) is 11.8 Å². The fraction of sp³-hybridized carbons (Fsp3) is 0.200. The third kappa shape index (κ3) is 2.54. The first kappa shape index (κ1) is 15.3. The molecular weight excluding hydrogens is 286 g/mol. The van der Waals surface area contributed by atoms with E-state index in [4.69, 9.17) is 5.26 Å². The topological polar surface area (TPSA) is 123 Å². The lowest BCUT2D eigenvalue weighted by Crippen LogP contribution is -2.31. The molecule has 0 atom stereocenters. The lowest BCUT2D eigenvalue weighted by Gasteiger charge is -2.28. The molecule has 0 bridgehead atoms. The van der Waals surface area contributed by atoms with Crippen molar-refractivity contribution in [3.05, 3.63) is 52.1 Å². The number of hydrogen-bond acceptors (Lipinski definition) is 5. The maximum atomic E-state index is 11.6. The smallest absolute Gasteiger partial charge is 0.334 e. The van der Waals surface area contributed by atoms with Crippen molar-refractivity contribution in [2.75, 3.05) is 0 Å². The largest absolute Gasteiger partial charge is 0.478 e. The minimum atomic E-state index is -1.21. The molecule has 1 aromatic heterocycles. The van der Waals surface area contributed by atoms with Crippen molar-refractivity contribution in [1.82, 2.24) is 10.3 Å². The third-order valence-corrected chi connectivity index (χ3v) is 3.45. The molecule has 0 saturated heterocycles. The highest BCUT2D eigenvalue weighted by atomic mass is 16.4. The van der Waals surface area contributed by atoms with Crippen LogP contribution in [0.4, 0.5) is 0 Å². The molecule has 7 nitrogen and oxygen atoms in total. The van der Waals surface area contributed by atoms with Gasteiger partial charge in [0.25, 0.3) is 0 Å². The number of carboxylic acids is 2. The van der Waals surface area contributed by atoms with E-state index in [1.54, 1.807) is 13.8 Å². The maximum absolute atomic E-state index is 11.6. The average Bonchev–Trinajstić information content (AvgIpc) is 2.45. The number of hydrogen-bond donors (Lipinski definition) is 3. The van der Waals surface area contributed by atoms with Gasteiger partial charge in [-0.05, 0) is 31.5 Å². The third-order valence-electron chi connectivity index (χ3n) is 3.45. The highest BCUT2D eigenvalue weighted by Gasteiger charge is 2.36. The predicted molar refractivity (Wildman–Crippen MR) is 75.5 cm³/mol. The summed E-state index contributed by atoms with van der Waals surface area (Å²) in [6.07, 6.45) is 1.36. The number of rotatable bonds is 3. The molecule has 22 heavy (non-hydrogen) atoms. The number of dihydropyridines is 1. The first-order valence-corrected chi connectivity index (χ1v) is 6.38. The molecule has 0 aromatic carbocycles. The quantitative estimate of drug-likeness (QED) is 0.769. The summed E-state index contributed by atoms with van der Waals surface area (Å²) >= 11 is 0. The standard InChI is InChI=1S/C15H13N3O4/c1-7-11(14(19)20)13(12(15(21)22)8(2)18-7)9-3-4-17-10(5-9)6-16/h3-5,13,18H,1-2H3,(H,19,20)(H,21,22). The number of carbonyl (C=O) groups is 2. The Hall–Kier alpha value is -3.14. The van der Waals surface area contributed by atoms with Gasteiger partial charge < -0.3 is 15.5 Å². The molecule has 2 rings (SSSR count). The lowest BCUT2D eigenvalue weighted by atomic mass is 9.80. The first-order chi connectivity index (χ1) is 10.4. The molecule has 2 heterocycles. The monoisotopic (exact) mass is 299 g/mol. The number of aromatic nitrogens is 1. The van der Waals surface area contributed by atoms with Gasteiger partial charge in [-0.2, -0.15) is 5.26 Å². The number of pyridine rings is 1. The summed E-state index contributed by atoms with van der Waals surface area (Å²) in [5.74, 6) is -3.39. The molecule has 112 valence electrons. The summed E-state index contributed by atoms with van der Waals surface area (Å²) < 4.78 is 0. The van der Waals surface area contributed by atoms with Crippen molar-refractivity contribution >= 4 is 11.9 Å². The van der Waals surface area contributed by atoms with Gasteiger partial charge in [0.2, 0.25) is 0 Å². The lowest BCUT2D eigenvalue weighted by molar-refractivity contribution is -0.133. The number of nitriles is 1. The van der Waals surface area contributed by atoms with Crippen LogP contribution in [0, 0.1) is 11.3 Å². The Morgan fingerprint density at radius 1 is 1.23 bits per heavy atom. The van der Waals surface area contributed by atoms with E-state index in [-0.39, 0.29) is 16.8 Å². The van der Waals surface area contributed by atoms with E-state index in [1.807, 2.05) is 6.07 Å². The zero-order chi connectivity index (χ0) is 16.4. The summed E-state index contributed by atoms with van der Waals surface area (Å²) in [6.45, 7) is 3.15. The molecule has 0 aliphatic carbocycles. The minimum Gasteiger partial charge on any atom is -0.478 e. The van der Waals surface area contributed by atoms with Crippen molar-refractivity contribution in [3.63, 3.8) is 0 Å². The summed E-state index contributed by atoms with van der Waals surface area (Å²) in [6, 6.07) is 4.79. The van der Waals surface area contributed by atoms with Gasteiger partial charge in [-0.1, -0.05) is 0 Å². The number of carboxylic acid groups (broad SMARTS) is 2. The summed E-state index contributed by atoms with van der Waals surface area (Å²) in [7, 11) is 0. The van der Waals surface area contributed by atoms with Crippen LogP contribution >= 0.6 is 0 Å². The van der Waals surface area contributed by atoms with Crippen LogP contribution in [0.3, 0.4) is 0 Å². The van der Waals surface area contributed by atoms with Crippen LogP contribution in [0.2, 0.25) is 0 Å². The van der Waals surface area contributed by atoms with Gasteiger partial charge in [-0.15, -0.1) is 0 Å². The summed E-state index contributed by atoms with van der Waals surface area (Å²) in [4.78, 5) is 27.0. The van der Waals surface area contributed by atoms with Crippen molar-refractivity contribution in [1.29, 1.82) is 5.26 Å². The minimum absolute atomic E-state index is 0.0573. The van der Waals surface area contributed by atoms with Crippen LogP contribution < -0.4 is 5.32 Å². The molecule has 1 aromatic rings. The molecule has 0 radical (unpaired) electrons. The zero-order valence-corrected chi connectivity index (χ0v) is 11.9. The van der Waals surface area contributed by atoms with Crippen LogP contribution in [0.5, 0.6) is 0 Å². The fourth-order valence-electron chi connectivity index (χ4n) is 2.58. The second kappa shape index (κ2) is 5.69. The molecule has 7 heteroatoms. The predicted octanol–water partition coefficient (Wildman–Crippen LogP) is 1.36. The molecule has 0 spiro atoms. The normalized spacial score (nSPS) is 15.3. The number of nitrogens with one attached hydrogen (secondary N) is 1. The van der Waals surface area contributed by atoms with Crippen LogP contribution in [-0.4, -0.2) is 27.1 Å². The van der Waals surface area contributed by atoms with E-state index in [2.05, 4.69) is 10.3 Å². The molecule has 3 N–H and O–H groups in total. The van der Waals surface area contributed by atoms with Gasteiger partial charge in [-0.25, -0.2) is 14.6 Å². The van der Waals surface area contributed by atoms with Gasteiger partial charge in [0.15, 0.2) is 0 Å². The van der Waals surface area contributed by atoms with E-state index in [0.29, 0.717) is 17.0 Å². The van der Waals surface area contributed by atoms with Crippen molar-refractivity contribution in [2.45, 2.75) is 19.8 Å². The maximum Gasteiger partial charge on any atom is 0.334 e. The SMILES string of the molecule is CC1=C(C(=O)O)C(c2ccnc(C#N)c2)C(C(=O)O)=C(C)N1. The van der Waals surface area contributed by atoms with Gasteiger partial charge >= 0.3 is 11.9 Å². The average molecular weight is 299 g/mol. The van der Waals surface area contributed by atoms with E-state index >= 15 is 0 Å². The Morgan fingerprint density at radius 3 is 2.23 bits per heavy atom. The highest BCUT2D eigenvalue weighted by Crippen LogP contribution is 2.38. The van der Waals surface area contributed by atoms with E-state index in [1.165, 1.54) is 18.3 Å². The number of allylic oxidation sites excluding steroid dienone is 2. The van der Waals surface area contributed by atoms with E-state index < -0.39 is 17.9 Å². The first-order valence-electron chi connectivity index (χ1n) is 6.38. The van der Waals surface area contributed by atoms with Crippen molar-refractivity contribution in [3.8, 4) is 6.07 Å². The Bertz CT molecular complexity index is 735. The Morgan fingerprint density at radius 2 is 1.77 bits per heavy atom. The molecule has 0 unspecified atom stereocenters. The molecule has 0 saturated carbocycles. The van der Waals surface area contributed by atoms with Crippen LogP contribution in [0.25, 0.3) is 0 Å². The van der Waals surface area contributed by atoms with E-state index in [9.17, 15) is 19.8 Å². The number of aliphatic carboxylic acids is 2. The van der Waals surface area contributed by atoms with Crippen LogP contribution in [0.15, 0.2) is 40.9 Å². The summed E-state index contributed by atoms with van der Waals surface area (Å²) in [5.41, 5.74) is 1.13. The fourth-order valence-corrected chi connectivity index (χ4v) is 2.58. The molecule has 0 fully saturated rings. The molecular formula is C15H13N3O4. The Labute approximate surface area is 126 Å². The second-order valence-corrected chi connectivity index (χ2v) is 4.83. The van der Waals surface area contributed by atoms with Gasteiger partial charge in [-0.3, -0.25) is 0 Å². The Balaban J connectivity index is 2.72. The Kier molecular flexibility index (Phi) is 3.95. The molecule has 0 amide bonds. The van der Waals surface area contributed by atoms with Crippen LogP contribution in [-0.2, 0) is 9.59 Å².